The summed E-state index contributed by atoms with van der Waals surface area (Å²) in [4.78, 5) is 4.38. The first-order chi connectivity index (χ1) is 11.2. The van der Waals surface area contributed by atoms with Crippen molar-refractivity contribution in [1.29, 1.82) is 0 Å². The second kappa shape index (κ2) is 8.83. The molecule has 0 aliphatic rings. The van der Waals surface area contributed by atoms with Gasteiger partial charge in [-0.3, -0.25) is 4.99 Å². The van der Waals surface area contributed by atoms with Crippen molar-refractivity contribution >= 4 is 6.21 Å². The van der Waals surface area contributed by atoms with E-state index in [0.29, 0.717) is 19.8 Å². The average Bonchev–Trinajstić information content (AvgIpc) is 2.56. The Morgan fingerprint density at radius 2 is 1.74 bits per heavy atom. The largest absolute Gasteiger partial charge is 0.507 e. The van der Waals surface area contributed by atoms with Crippen LogP contribution in [-0.4, -0.2) is 31.1 Å². The number of ether oxygens (including phenoxy) is 2. The van der Waals surface area contributed by atoms with Crippen molar-refractivity contribution < 1.29 is 14.6 Å². The van der Waals surface area contributed by atoms with Crippen molar-refractivity contribution in [2.75, 3.05) is 19.8 Å². The Bertz CT molecular complexity index is 653. The minimum atomic E-state index is 0.246. The molecule has 4 nitrogen and oxygen atoms in total. The highest BCUT2D eigenvalue weighted by atomic mass is 16.5. The van der Waals surface area contributed by atoms with Crippen LogP contribution in [0.1, 0.15) is 25.0 Å². The topological polar surface area (TPSA) is 51.0 Å². The van der Waals surface area contributed by atoms with Crippen LogP contribution < -0.4 is 9.47 Å². The molecule has 1 N–H and O–H groups in total. The van der Waals surface area contributed by atoms with Gasteiger partial charge in [-0.15, -0.1) is 0 Å². The van der Waals surface area contributed by atoms with Crippen LogP contribution in [0.4, 0.5) is 0 Å². The molecule has 23 heavy (non-hydrogen) atoms. The lowest BCUT2D eigenvalue weighted by atomic mass is 10.1. The predicted octanol–water partition coefficient (Wildman–Crippen LogP) is 3.85. The molecule has 0 saturated heterocycles. The number of hydrogen-bond acceptors (Lipinski definition) is 4. The molecule has 2 aromatic rings. The van der Waals surface area contributed by atoms with Gasteiger partial charge in [-0.05, 0) is 50.1 Å². The molecular weight excluding hydrogens is 290 g/mol. The van der Waals surface area contributed by atoms with Crippen LogP contribution in [0.5, 0.6) is 17.2 Å². The molecule has 0 radical (unpaired) electrons. The van der Waals surface area contributed by atoms with E-state index in [1.54, 1.807) is 18.3 Å². The molecule has 0 aromatic heterocycles. The Morgan fingerprint density at radius 3 is 2.48 bits per heavy atom. The second-order valence-electron chi connectivity index (χ2n) is 4.99. The normalized spacial score (nSPS) is 10.9. The zero-order chi connectivity index (χ0) is 16.5. The molecule has 0 amide bonds. The third kappa shape index (κ3) is 5.02. The van der Waals surface area contributed by atoms with E-state index in [1.165, 1.54) is 0 Å². The first-order valence-corrected chi connectivity index (χ1v) is 7.91. The number of aliphatic imine (C=N–C) groups is 1. The van der Waals surface area contributed by atoms with Crippen molar-refractivity contribution in [3.8, 4) is 17.2 Å². The summed E-state index contributed by atoms with van der Waals surface area (Å²) in [5, 5.41) is 9.68. The number of nitrogens with zero attached hydrogens (tertiary/aromatic N) is 1. The number of hydrogen-bond donors (Lipinski definition) is 1. The molecule has 0 atom stereocenters. The molecule has 0 bridgehead atoms. The smallest absolute Gasteiger partial charge is 0.161 e. The molecule has 4 heteroatoms. The van der Waals surface area contributed by atoms with Crippen molar-refractivity contribution in [1.82, 2.24) is 0 Å². The summed E-state index contributed by atoms with van der Waals surface area (Å²) in [6.45, 7) is 5.78. The monoisotopic (exact) mass is 313 g/mol. The van der Waals surface area contributed by atoms with Gasteiger partial charge in [0.1, 0.15) is 5.75 Å². The first-order valence-electron chi connectivity index (χ1n) is 7.91. The maximum absolute atomic E-state index is 9.68. The fourth-order valence-corrected chi connectivity index (χ4v) is 2.20. The third-order valence-electron chi connectivity index (χ3n) is 3.30. The van der Waals surface area contributed by atoms with Crippen LogP contribution in [0.15, 0.2) is 47.5 Å². The molecule has 0 spiro atoms. The zero-order valence-corrected chi connectivity index (χ0v) is 13.7. The van der Waals surface area contributed by atoms with E-state index >= 15 is 0 Å². The molecule has 0 heterocycles. The van der Waals surface area contributed by atoms with Gasteiger partial charge in [-0.2, -0.15) is 0 Å². The second-order valence-corrected chi connectivity index (χ2v) is 4.99. The van der Waals surface area contributed by atoms with Gasteiger partial charge in [0.05, 0.1) is 13.2 Å². The number of para-hydroxylation sites is 1. The van der Waals surface area contributed by atoms with Crippen LogP contribution in [-0.2, 0) is 6.42 Å². The van der Waals surface area contributed by atoms with Gasteiger partial charge in [0, 0.05) is 18.3 Å². The fourth-order valence-electron chi connectivity index (χ4n) is 2.20. The quantitative estimate of drug-likeness (QED) is 0.753. The van der Waals surface area contributed by atoms with E-state index in [1.807, 2.05) is 44.2 Å². The lowest BCUT2D eigenvalue weighted by molar-refractivity contribution is 0.287. The van der Waals surface area contributed by atoms with Gasteiger partial charge < -0.3 is 14.6 Å². The molecule has 0 fully saturated rings. The molecule has 0 aliphatic carbocycles. The molecule has 2 rings (SSSR count). The summed E-state index contributed by atoms with van der Waals surface area (Å²) in [6, 6.07) is 13.1. The number of phenols is 1. The molecule has 0 aliphatic heterocycles. The van der Waals surface area contributed by atoms with Crippen LogP contribution in [0, 0.1) is 0 Å². The van der Waals surface area contributed by atoms with Crippen molar-refractivity contribution in [2.24, 2.45) is 4.99 Å². The van der Waals surface area contributed by atoms with Gasteiger partial charge >= 0.3 is 0 Å². The number of aromatic hydroxyl groups is 1. The SMILES string of the molecule is CCOc1ccc(CCN=Cc2ccccc2O)cc1OCC. The number of phenolic OH excluding ortho intramolecular Hbond substituents is 1. The maximum atomic E-state index is 9.68. The van der Waals surface area contributed by atoms with Gasteiger partial charge in [-0.1, -0.05) is 18.2 Å². The van der Waals surface area contributed by atoms with Crippen molar-refractivity contribution in [3.63, 3.8) is 0 Å². The third-order valence-corrected chi connectivity index (χ3v) is 3.30. The highest BCUT2D eigenvalue weighted by molar-refractivity contribution is 5.83. The Morgan fingerprint density at radius 1 is 1.00 bits per heavy atom. The Balaban J connectivity index is 1.97. The average molecular weight is 313 g/mol. The highest BCUT2D eigenvalue weighted by Crippen LogP contribution is 2.28. The van der Waals surface area contributed by atoms with Gasteiger partial charge in [0.15, 0.2) is 11.5 Å². The van der Waals surface area contributed by atoms with E-state index in [4.69, 9.17) is 9.47 Å². The fraction of sp³-hybridized carbons (Fsp3) is 0.316. The van der Waals surface area contributed by atoms with Gasteiger partial charge in [-0.25, -0.2) is 0 Å². The van der Waals surface area contributed by atoms with Crippen LogP contribution >= 0.6 is 0 Å². The highest BCUT2D eigenvalue weighted by Gasteiger charge is 2.05. The van der Waals surface area contributed by atoms with Crippen molar-refractivity contribution in [3.05, 3.63) is 53.6 Å². The van der Waals surface area contributed by atoms with E-state index in [9.17, 15) is 5.11 Å². The molecular formula is C19H23NO3. The summed E-state index contributed by atoms with van der Waals surface area (Å²) >= 11 is 0. The Labute approximate surface area is 137 Å². The summed E-state index contributed by atoms with van der Waals surface area (Å²) in [5.41, 5.74) is 1.88. The van der Waals surface area contributed by atoms with Crippen LogP contribution in [0.3, 0.4) is 0 Å². The van der Waals surface area contributed by atoms with E-state index < -0.39 is 0 Å². The van der Waals surface area contributed by atoms with Crippen LogP contribution in [0.2, 0.25) is 0 Å². The Hall–Kier alpha value is -2.49. The summed E-state index contributed by atoms with van der Waals surface area (Å²) < 4.78 is 11.2. The molecule has 122 valence electrons. The van der Waals surface area contributed by atoms with Gasteiger partial charge in [0.25, 0.3) is 0 Å². The number of rotatable bonds is 8. The summed E-state index contributed by atoms with van der Waals surface area (Å²) in [7, 11) is 0. The zero-order valence-electron chi connectivity index (χ0n) is 13.7. The van der Waals surface area contributed by atoms with Crippen LogP contribution in [0.25, 0.3) is 0 Å². The predicted molar refractivity (Wildman–Crippen MR) is 93.1 cm³/mol. The summed E-state index contributed by atoms with van der Waals surface area (Å²) in [6.07, 6.45) is 2.50. The molecule has 0 unspecified atom stereocenters. The first kappa shape index (κ1) is 16.9. The number of benzene rings is 2. The standard InChI is InChI=1S/C19H23NO3/c1-3-22-18-10-9-15(13-19(18)23-4-2)11-12-20-14-16-7-5-6-8-17(16)21/h5-10,13-14,21H,3-4,11-12H2,1-2H3. The van der Waals surface area contributed by atoms with E-state index in [2.05, 4.69) is 4.99 Å². The lowest BCUT2D eigenvalue weighted by Gasteiger charge is -2.12. The maximum Gasteiger partial charge on any atom is 0.161 e. The van der Waals surface area contributed by atoms with E-state index in [-0.39, 0.29) is 5.75 Å². The molecule has 0 saturated carbocycles. The minimum absolute atomic E-state index is 0.246. The van der Waals surface area contributed by atoms with Gasteiger partial charge in [0.2, 0.25) is 0 Å². The lowest BCUT2D eigenvalue weighted by Crippen LogP contribution is -2.00. The van der Waals surface area contributed by atoms with E-state index in [0.717, 1.165) is 29.0 Å². The molecule has 2 aromatic carbocycles. The Kier molecular flexibility index (Phi) is 6.48. The summed E-state index contributed by atoms with van der Waals surface area (Å²) in [5.74, 6) is 1.79. The van der Waals surface area contributed by atoms with Crippen molar-refractivity contribution in [2.45, 2.75) is 20.3 Å². The minimum Gasteiger partial charge on any atom is -0.507 e.